The molecule has 0 aliphatic carbocycles. The van der Waals surface area contributed by atoms with Crippen molar-refractivity contribution in [2.45, 2.75) is 12.8 Å². The van der Waals surface area contributed by atoms with Crippen LogP contribution in [0.4, 0.5) is 5.69 Å². The molecule has 1 aliphatic rings. The van der Waals surface area contributed by atoms with Gasteiger partial charge in [-0.2, -0.15) is 0 Å². The van der Waals surface area contributed by atoms with Crippen LogP contribution in [0, 0.1) is 0 Å². The van der Waals surface area contributed by atoms with Gasteiger partial charge in [0.05, 0.1) is 0 Å². The number of hydrogen-bond donors (Lipinski definition) is 1. The first kappa shape index (κ1) is 14.4. The van der Waals surface area contributed by atoms with Crippen molar-refractivity contribution in [1.82, 2.24) is 9.47 Å². The van der Waals surface area contributed by atoms with Crippen molar-refractivity contribution in [3.63, 3.8) is 0 Å². The highest BCUT2D eigenvalue weighted by atomic mass is 16.2. The summed E-state index contributed by atoms with van der Waals surface area (Å²) >= 11 is 0. The number of aromatic nitrogens is 1. The van der Waals surface area contributed by atoms with Gasteiger partial charge in [-0.25, -0.2) is 0 Å². The van der Waals surface area contributed by atoms with Crippen LogP contribution in [0.3, 0.4) is 0 Å². The molecule has 0 radical (unpaired) electrons. The quantitative estimate of drug-likeness (QED) is 0.946. The molecule has 0 bridgehead atoms. The van der Waals surface area contributed by atoms with E-state index in [0.29, 0.717) is 16.9 Å². The van der Waals surface area contributed by atoms with Gasteiger partial charge in [0.1, 0.15) is 5.69 Å². The topological polar surface area (TPSA) is 54.3 Å². The minimum absolute atomic E-state index is 0.0674. The smallest absolute Gasteiger partial charge is 0.272 e. The third-order valence-electron chi connectivity index (χ3n) is 3.96. The number of carbonyl (C=O) groups excluding carboxylic acids is 2. The SMILES string of the molecule is Cn1cccc1C(=O)Nc1ccc(C(=O)N2CCCC2)cc1. The molecule has 1 saturated heterocycles. The first-order valence-electron chi connectivity index (χ1n) is 7.47. The van der Waals surface area contributed by atoms with Crippen molar-refractivity contribution in [2.75, 3.05) is 18.4 Å². The Morgan fingerprint density at radius 2 is 1.73 bits per heavy atom. The number of anilines is 1. The molecule has 5 heteroatoms. The molecule has 5 nitrogen and oxygen atoms in total. The number of nitrogens with zero attached hydrogens (tertiary/aromatic N) is 2. The summed E-state index contributed by atoms with van der Waals surface area (Å²) in [6.07, 6.45) is 3.99. The molecule has 0 unspecified atom stereocenters. The summed E-state index contributed by atoms with van der Waals surface area (Å²) in [5.41, 5.74) is 1.94. The molecule has 114 valence electrons. The van der Waals surface area contributed by atoms with Gasteiger partial charge in [0.2, 0.25) is 0 Å². The Balaban J connectivity index is 1.68. The Bertz CT molecular complexity index is 682. The van der Waals surface area contributed by atoms with Crippen LogP contribution in [0.1, 0.15) is 33.7 Å². The molecular formula is C17H19N3O2. The largest absolute Gasteiger partial charge is 0.347 e. The van der Waals surface area contributed by atoms with Gasteiger partial charge in [0.25, 0.3) is 11.8 Å². The summed E-state index contributed by atoms with van der Waals surface area (Å²) in [5, 5.41) is 2.84. The van der Waals surface area contributed by atoms with Crippen molar-refractivity contribution < 1.29 is 9.59 Å². The molecule has 22 heavy (non-hydrogen) atoms. The van der Waals surface area contributed by atoms with Gasteiger partial charge in [-0.3, -0.25) is 9.59 Å². The third kappa shape index (κ3) is 2.88. The standard InChI is InChI=1S/C17H19N3O2/c1-19-10-4-5-15(19)16(21)18-14-8-6-13(7-9-14)17(22)20-11-2-3-12-20/h4-10H,2-3,11-12H2,1H3,(H,18,21). The lowest BCUT2D eigenvalue weighted by Gasteiger charge is -2.15. The predicted octanol–water partition coefficient (Wildman–Crippen LogP) is 2.51. The molecule has 0 atom stereocenters. The monoisotopic (exact) mass is 297 g/mol. The zero-order valence-electron chi connectivity index (χ0n) is 12.6. The second-order valence-electron chi connectivity index (χ2n) is 5.54. The third-order valence-corrected chi connectivity index (χ3v) is 3.96. The zero-order chi connectivity index (χ0) is 15.5. The maximum Gasteiger partial charge on any atom is 0.272 e. The first-order valence-corrected chi connectivity index (χ1v) is 7.47. The number of likely N-dealkylation sites (tertiary alicyclic amines) is 1. The number of nitrogens with one attached hydrogen (secondary N) is 1. The second kappa shape index (κ2) is 6.05. The predicted molar refractivity (Wildman–Crippen MR) is 84.9 cm³/mol. The van der Waals surface area contributed by atoms with Crippen LogP contribution in [0.25, 0.3) is 0 Å². The normalized spacial score (nSPS) is 14.1. The highest BCUT2D eigenvalue weighted by molar-refractivity contribution is 6.03. The van der Waals surface area contributed by atoms with E-state index < -0.39 is 0 Å². The van der Waals surface area contributed by atoms with E-state index in [4.69, 9.17) is 0 Å². The van der Waals surface area contributed by atoms with E-state index in [1.807, 2.05) is 24.2 Å². The fourth-order valence-electron chi connectivity index (χ4n) is 2.69. The van der Waals surface area contributed by atoms with E-state index in [1.165, 1.54) is 0 Å². The van der Waals surface area contributed by atoms with Gasteiger partial charge in [0, 0.05) is 37.6 Å². The van der Waals surface area contributed by atoms with Gasteiger partial charge >= 0.3 is 0 Å². The van der Waals surface area contributed by atoms with E-state index in [0.717, 1.165) is 25.9 Å². The molecule has 2 amide bonds. The lowest BCUT2D eigenvalue weighted by molar-refractivity contribution is 0.0792. The molecule has 2 aromatic rings. The Morgan fingerprint density at radius 3 is 2.32 bits per heavy atom. The Kier molecular flexibility index (Phi) is 3.96. The van der Waals surface area contributed by atoms with Crippen LogP contribution in [0.2, 0.25) is 0 Å². The average molecular weight is 297 g/mol. The number of amides is 2. The van der Waals surface area contributed by atoms with Crippen molar-refractivity contribution >= 4 is 17.5 Å². The lowest BCUT2D eigenvalue weighted by Crippen LogP contribution is -2.27. The number of benzene rings is 1. The maximum atomic E-state index is 12.2. The first-order chi connectivity index (χ1) is 10.6. The summed E-state index contributed by atoms with van der Waals surface area (Å²) in [5.74, 6) is -0.0936. The van der Waals surface area contributed by atoms with Crippen LogP contribution in [0.15, 0.2) is 42.6 Å². The van der Waals surface area contributed by atoms with E-state index in [1.54, 1.807) is 34.9 Å². The van der Waals surface area contributed by atoms with Crippen LogP contribution < -0.4 is 5.32 Å². The van der Waals surface area contributed by atoms with Gasteiger partial charge in [-0.1, -0.05) is 0 Å². The number of rotatable bonds is 3. The van der Waals surface area contributed by atoms with Crippen molar-refractivity contribution in [2.24, 2.45) is 7.05 Å². The van der Waals surface area contributed by atoms with Crippen molar-refractivity contribution in [3.05, 3.63) is 53.9 Å². The van der Waals surface area contributed by atoms with Gasteiger partial charge in [-0.15, -0.1) is 0 Å². The van der Waals surface area contributed by atoms with E-state index in [-0.39, 0.29) is 11.8 Å². The summed E-state index contributed by atoms with van der Waals surface area (Å²) in [6.45, 7) is 1.68. The second-order valence-corrected chi connectivity index (χ2v) is 5.54. The molecule has 3 rings (SSSR count). The average Bonchev–Trinajstić information content (AvgIpc) is 3.18. The summed E-state index contributed by atoms with van der Waals surface area (Å²) in [7, 11) is 1.83. The zero-order valence-corrected chi connectivity index (χ0v) is 12.6. The molecule has 0 spiro atoms. The van der Waals surface area contributed by atoms with Crippen LogP contribution in [-0.4, -0.2) is 34.4 Å². The Morgan fingerprint density at radius 1 is 1.05 bits per heavy atom. The van der Waals surface area contributed by atoms with Crippen LogP contribution in [-0.2, 0) is 7.05 Å². The summed E-state index contributed by atoms with van der Waals surface area (Å²) < 4.78 is 1.76. The Labute approximate surface area is 129 Å². The molecule has 1 fully saturated rings. The molecule has 0 saturated carbocycles. The van der Waals surface area contributed by atoms with Crippen LogP contribution >= 0.6 is 0 Å². The fraction of sp³-hybridized carbons (Fsp3) is 0.294. The minimum atomic E-state index is -0.161. The summed E-state index contributed by atoms with van der Waals surface area (Å²) in [4.78, 5) is 26.2. The van der Waals surface area contributed by atoms with Gasteiger partial charge in [-0.05, 0) is 49.2 Å². The molecule has 1 aliphatic heterocycles. The highest BCUT2D eigenvalue weighted by Crippen LogP contribution is 2.16. The van der Waals surface area contributed by atoms with Gasteiger partial charge in [0.15, 0.2) is 0 Å². The van der Waals surface area contributed by atoms with E-state index >= 15 is 0 Å². The Hall–Kier alpha value is -2.56. The maximum absolute atomic E-state index is 12.2. The molecule has 1 aromatic heterocycles. The summed E-state index contributed by atoms with van der Waals surface area (Å²) in [6, 6.07) is 10.7. The van der Waals surface area contributed by atoms with Gasteiger partial charge < -0.3 is 14.8 Å². The van der Waals surface area contributed by atoms with E-state index in [9.17, 15) is 9.59 Å². The molecule has 2 heterocycles. The van der Waals surface area contributed by atoms with Crippen molar-refractivity contribution in [3.8, 4) is 0 Å². The van der Waals surface area contributed by atoms with Crippen LogP contribution in [0.5, 0.6) is 0 Å². The van der Waals surface area contributed by atoms with E-state index in [2.05, 4.69) is 5.32 Å². The number of aryl methyl sites for hydroxylation is 1. The molecule has 1 aromatic carbocycles. The molecule has 1 N–H and O–H groups in total. The fourth-order valence-corrected chi connectivity index (χ4v) is 2.69. The number of carbonyl (C=O) groups is 2. The minimum Gasteiger partial charge on any atom is -0.347 e. The lowest BCUT2D eigenvalue weighted by atomic mass is 10.2. The number of hydrogen-bond acceptors (Lipinski definition) is 2. The highest BCUT2D eigenvalue weighted by Gasteiger charge is 2.19. The van der Waals surface area contributed by atoms with Crippen molar-refractivity contribution in [1.29, 1.82) is 0 Å². The molecular weight excluding hydrogens is 278 g/mol.